The summed E-state index contributed by atoms with van der Waals surface area (Å²) in [6, 6.07) is -6.20. The van der Waals surface area contributed by atoms with Crippen LogP contribution in [-0.2, 0) is 28.8 Å². The molecule has 0 aromatic heterocycles. The maximum Gasteiger partial charge on any atom is 0.312 e. The molecule has 1 saturated heterocycles. The zero-order valence-corrected chi connectivity index (χ0v) is 22.0. The number of nitrogens with one attached hydrogen (secondary N) is 4. The fourth-order valence-corrected chi connectivity index (χ4v) is 3.96. The van der Waals surface area contributed by atoms with Gasteiger partial charge in [0.05, 0.1) is 12.5 Å². The minimum atomic E-state index is -1.26. The number of amides is 8. The van der Waals surface area contributed by atoms with Crippen LogP contribution in [0.4, 0.5) is 4.79 Å². The Hall–Kier alpha value is -3.60. The molecule has 0 saturated carbocycles. The highest BCUT2D eigenvalue weighted by Gasteiger charge is 2.39. The van der Waals surface area contributed by atoms with E-state index in [-0.39, 0.29) is 31.7 Å². The van der Waals surface area contributed by atoms with Gasteiger partial charge < -0.3 is 49.1 Å². The third-order valence-electron chi connectivity index (χ3n) is 5.78. The molecule has 1 aliphatic heterocycles. The first-order valence-electron chi connectivity index (χ1n) is 12.0. The van der Waals surface area contributed by atoms with E-state index in [4.69, 9.17) is 22.9 Å². The third kappa shape index (κ3) is 10.4. The van der Waals surface area contributed by atoms with Crippen molar-refractivity contribution in [3.63, 3.8) is 0 Å². The van der Waals surface area contributed by atoms with E-state index in [1.807, 2.05) is 0 Å². The summed E-state index contributed by atoms with van der Waals surface area (Å²) in [5, 5.41) is 9.80. The van der Waals surface area contributed by atoms with E-state index in [9.17, 15) is 33.6 Å². The average molecular weight is 560 g/mol. The quantitative estimate of drug-likeness (QED) is 0.0695. The van der Waals surface area contributed by atoms with E-state index in [2.05, 4.69) is 33.9 Å². The molecule has 16 nitrogen and oxygen atoms in total. The molecule has 1 fully saturated rings. The molecule has 1 rings (SSSR count). The van der Waals surface area contributed by atoms with Crippen LogP contribution < -0.4 is 44.2 Å². The van der Waals surface area contributed by atoms with Crippen molar-refractivity contribution in [1.29, 1.82) is 0 Å². The molecule has 12 N–H and O–H groups in total. The van der Waals surface area contributed by atoms with Gasteiger partial charge in [-0.15, -0.1) is 0 Å². The van der Waals surface area contributed by atoms with Gasteiger partial charge in [0, 0.05) is 18.8 Å². The van der Waals surface area contributed by atoms with Crippen LogP contribution in [0, 0.1) is 0 Å². The summed E-state index contributed by atoms with van der Waals surface area (Å²) in [6.07, 6.45) is 0.703. The molecule has 0 aromatic carbocycles. The van der Waals surface area contributed by atoms with Gasteiger partial charge in [0.25, 0.3) is 0 Å². The van der Waals surface area contributed by atoms with Gasteiger partial charge in [-0.05, 0) is 32.6 Å². The molecule has 0 radical (unpaired) electrons. The van der Waals surface area contributed by atoms with Crippen molar-refractivity contribution in [2.75, 3.05) is 18.8 Å². The summed E-state index contributed by atoms with van der Waals surface area (Å²) < 4.78 is 0. The number of nitrogens with two attached hydrogens (primary N) is 4. The summed E-state index contributed by atoms with van der Waals surface area (Å²) in [6.45, 7) is 1.73. The van der Waals surface area contributed by atoms with E-state index in [0.717, 1.165) is 0 Å². The van der Waals surface area contributed by atoms with Crippen molar-refractivity contribution in [1.82, 2.24) is 26.2 Å². The van der Waals surface area contributed by atoms with Gasteiger partial charge in [0.2, 0.25) is 35.4 Å². The first kappa shape index (κ1) is 32.4. The first-order valence-corrected chi connectivity index (χ1v) is 12.6. The Balaban J connectivity index is 2.94. The Morgan fingerprint density at radius 1 is 0.974 bits per heavy atom. The number of carbonyl (C=O) groups excluding carboxylic acids is 7. The lowest BCUT2D eigenvalue weighted by Gasteiger charge is -2.30. The molecule has 5 atom stereocenters. The summed E-state index contributed by atoms with van der Waals surface area (Å²) in [7, 11) is 0. The fraction of sp³-hybridized carbons (Fsp3) is 0.667. The van der Waals surface area contributed by atoms with Crippen LogP contribution >= 0.6 is 12.6 Å². The Bertz CT molecular complexity index is 919. The smallest absolute Gasteiger partial charge is 0.312 e. The van der Waals surface area contributed by atoms with Gasteiger partial charge >= 0.3 is 6.03 Å². The van der Waals surface area contributed by atoms with Crippen molar-refractivity contribution in [3.8, 4) is 0 Å². The van der Waals surface area contributed by atoms with E-state index >= 15 is 0 Å². The predicted molar refractivity (Wildman–Crippen MR) is 138 cm³/mol. The fourth-order valence-electron chi connectivity index (χ4n) is 3.72. The monoisotopic (exact) mass is 559 g/mol. The van der Waals surface area contributed by atoms with Crippen molar-refractivity contribution in [2.45, 2.75) is 69.2 Å². The highest BCUT2D eigenvalue weighted by atomic mass is 32.1. The van der Waals surface area contributed by atoms with Gasteiger partial charge in [-0.2, -0.15) is 12.6 Å². The number of primary amides is 3. The van der Waals surface area contributed by atoms with Gasteiger partial charge in [-0.3, -0.25) is 28.8 Å². The second-order valence-electron chi connectivity index (χ2n) is 8.84. The Kier molecular flexibility index (Phi) is 13.3. The number of rotatable bonds is 15. The second kappa shape index (κ2) is 15.6. The summed E-state index contributed by atoms with van der Waals surface area (Å²) >= 11 is 4.11. The van der Waals surface area contributed by atoms with Crippen LogP contribution in [0.3, 0.4) is 0 Å². The van der Waals surface area contributed by atoms with E-state index in [1.54, 1.807) is 0 Å². The SMILES string of the molecule is C[C@H](NC(=O)[C@H](CCCNC(N)=O)NC(=O)[C@@H]1CCCN1C(=O)[C@H](CS)NC(=O)[C@@H](N)CC(N)=O)C(N)=O. The summed E-state index contributed by atoms with van der Waals surface area (Å²) in [5.41, 5.74) is 20.9. The largest absolute Gasteiger partial charge is 0.370 e. The van der Waals surface area contributed by atoms with Crippen LogP contribution in [0.25, 0.3) is 0 Å². The molecule has 8 amide bonds. The highest BCUT2D eigenvalue weighted by molar-refractivity contribution is 7.80. The van der Waals surface area contributed by atoms with Gasteiger partial charge in [0.1, 0.15) is 24.2 Å². The van der Waals surface area contributed by atoms with Crippen LogP contribution in [0.5, 0.6) is 0 Å². The lowest BCUT2D eigenvalue weighted by atomic mass is 10.1. The van der Waals surface area contributed by atoms with E-state index in [0.29, 0.717) is 12.8 Å². The van der Waals surface area contributed by atoms with Crippen LogP contribution in [0.2, 0.25) is 0 Å². The van der Waals surface area contributed by atoms with E-state index < -0.39 is 78.1 Å². The molecular weight excluding hydrogens is 522 g/mol. The standard InChI is InChI=1S/C21H37N9O7S/c1-10(16(24)32)27-18(34)12(4-2-6-26-21(25)37)28-19(35)14-5-3-7-30(14)20(36)13(9-38)29-17(33)11(22)8-15(23)31/h10-14,38H,2-9,22H2,1H3,(H2,23,31)(H2,24,32)(H,27,34)(H,28,35)(H,29,33)(H3,25,26,37)/t10-,11-,12-,13-,14-/m0/s1. The summed E-state index contributed by atoms with van der Waals surface area (Å²) in [4.78, 5) is 85.9. The number of nitrogens with zero attached hydrogens (tertiary/aromatic N) is 1. The minimum Gasteiger partial charge on any atom is -0.370 e. The Labute approximate surface area is 225 Å². The van der Waals surface area contributed by atoms with Crippen LogP contribution in [0.1, 0.15) is 39.0 Å². The number of hydrogen-bond donors (Lipinski definition) is 9. The molecule has 17 heteroatoms. The highest BCUT2D eigenvalue weighted by Crippen LogP contribution is 2.19. The lowest BCUT2D eigenvalue weighted by Crippen LogP contribution is -2.58. The lowest BCUT2D eigenvalue weighted by molar-refractivity contribution is -0.142. The van der Waals surface area contributed by atoms with Gasteiger partial charge in [-0.1, -0.05) is 0 Å². The molecule has 0 spiro atoms. The third-order valence-corrected chi connectivity index (χ3v) is 6.15. The normalized spacial score (nSPS) is 17.9. The molecule has 38 heavy (non-hydrogen) atoms. The molecule has 1 aliphatic rings. The number of thiol groups is 1. The molecule has 1 heterocycles. The van der Waals surface area contributed by atoms with E-state index in [1.165, 1.54) is 11.8 Å². The number of likely N-dealkylation sites (tertiary alicyclic amines) is 1. The second-order valence-corrected chi connectivity index (χ2v) is 9.20. The molecule has 214 valence electrons. The number of hydrogen-bond acceptors (Lipinski definition) is 9. The first-order chi connectivity index (χ1) is 17.8. The molecule has 0 bridgehead atoms. The van der Waals surface area contributed by atoms with Gasteiger partial charge in [0.15, 0.2) is 0 Å². The van der Waals surface area contributed by atoms with Crippen molar-refractivity contribution >= 4 is 54.1 Å². The number of urea groups is 1. The zero-order valence-electron chi connectivity index (χ0n) is 21.1. The molecule has 0 aromatic rings. The van der Waals surface area contributed by atoms with Crippen LogP contribution in [0.15, 0.2) is 0 Å². The Morgan fingerprint density at radius 3 is 2.18 bits per heavy atom. The van der Waals surface area contributed by atoms with Crippen molar-refractivity contribution in [2.24, 2.45) is 22.9 Å². The minimum absolute atomic E-state index is 0.0804. The number of carbonyl (C=O) groups is 7. The van der Waals surface area contributed by atoms with Crippen molar-refractivity contribution < 1.29 is 33.6 Å². The topological polar surface area (TPSA) is 275 Å². The van der Waals surface area contributed by atoms with Crippen molar-refractivity contribution in [3.05, 3.63) is 0 Å². The maximum absolute atomic E-state index is 13.2. The van der Waals surface area contributed by atoms with Crippen LogP contribution in [-0.4, -0.2) is 95.4 Å². The molecular formula is C21H37N9O7S. The summed E-state index contributed by atoms with van der Waals surface area (Å²) in [5.74, 6) is -4.34. The molecule has 0 aliphatic carbocycles. The Morgan fingerprint density at radius 2 is 1.63 bits per heavy atom. The maximum atomic E-state index is 13.2. The predicted octanol–water partition coefficient (Wildman–Crippen LogP) is -4.48. The zero-order chi connectivity index (χ0) is 29.0. The van der Waals surface area contributed by atoms with Gasteiger partial charge in [-0.25, -0.2) is 4.79 Å². The molecule has 0 unspecified atom stereocenters. The average Bonchev–Trinajstić information content (AvgIpc) is 3.33.